The number of carbonyl (C=O) groups is 3. The van der Waals surface area contributed by atoms with E-state index in [9.17, 15) is 24.6 Å². The zero-order valence-corrected chi connectivity index (χ0v) is 18.8. The van der Waals surface area contributed by atoms with Gasteiger partial charge in [-0.3, -0.25) is 4.79 Å². The van der Waals surface area contributed by atoms with Crippen molar-refractivity contribution in [1.29, 1.82) is 0 Å². The van der Waals surface area contributed by atoms with Crippen molar-refractivity contribution in [3.63, 3.8) is 0 Å². The molecule has 0 aromatic heterocycles. The van der Waals surface area contributed by atoms with Crippen LogP contribution in [0.15, 0.2) is 66.7 Å². The van der Waals surface area contributed by atoms with Gasteiger partial charge in [0.2, 0.25) is 5.91 Å². The van der Waals surface area contributed by atoms with Gasteiger partial charge in [0, 0.05) is 6.54 Å². The molecule has 3 aromatic carbocycles. The van der Waals surface area contributed by atoms with Crippen LogP contribution in [0.4, 0.5) is 0 Å². The molecule has 4 N–H and O–H groups in total. The normalized spacial score (nSPS) is 10.2. The number of amides is 1. The number of benzene rings is 3. The Morgan fingerprint density at radius 3 is 1.85 bits per heavy atom. The van der Waals surface area contributed by atoms with Gasteiger partial charge in [-0.2, -0.15) is 0 Å². The molecule has 0 saturated carbocycles. The fourth-order valence-corrected chi connectivity index (χ4v) is 3.58. The van der Waals surface area contributed by atoms with Crippen molar-refractivity contribution in [3.8, 4) is 22.3 Å². The molecule has 1 amide bonds. The smallest absolute Gasteiger partial charge is 0.336 e. The number of carbonyl (C=O) groups excluding carboxylic acids is 1. The number of nitrogens with one attached hydrogen (secondary N) is 2. The van der Waals surface area contributed by atoms with E-state index in [2.05, 4.69) is 10.6 Å². The highest BCUT2D eigenvalue weighted by atomic mass is 35.5. The third-order valence-electron chi connectivity index (χ3n) is 5.05. The number of rotatable bonds is 9. The van der Waals surface area contributed by atoms with Gasteiger partial charge in [0.25, 0.3) is 0 Å². The Hall–Kier alpha value is -3.68. The Morgan fingerprint density at radius 1 is 0.758 bits per heavy atom. The molecule has 0 fully saturated rings. The van der Waals surface area contributed by atoms with Gasteiger partial charge >= 0.3 is 11.9 Å². The number of aromatic carboxylic acids is 2. The van der Waals surface area contributed by atoms with Crippen molar-refractivity contribution in [2.45, 2.75) is 6.42 Å². The van der Waals surface area contributed by atoms with Crippen LogP contribution in [0.2, 0.25) is 0 Å². The van der Waals surface area contributed by atoms with Crippen molar-refractivity contribution >= 4 is 30.3 Å². The zero-order chi connectivity index (χ0) is 23.1. The Labute approximate surface area is 197 Å². The Bertz CT molecular complexity index is 1160. The molecule has 3 rings (SSSR count). The van der Waals surface area contributed by atoms with Crippen LogP contribution >= 0.6 is 12.4 Å². The second-order valence-corrected chi connectivity index (χ2v) is 7.21. The van der Waals surface area contributed by atoms with Crippen molar-refractivity contribution in [3.05, 3.63) is 83.4 Å². The molecule has 0 bridgehead atoms. The summed E-state index contributed by atoms with van der Waals surface area (Å²) in [6, 6.07) is 18.8. The van der Waals surface area contributed by atoms with E-state index in [1.807, 2.05) is 12.1 Å². The van der Waals surface area contributed by atoms with E-state index in [1.54, 1.807) is 49.5 Å². The Kier molecular flexibility index (Phi) is 9.15. The van der Waals surface area contributed by atoms with E-state index in [4.69, 9.17) is 0 Å². The average Bonchev–Trinajstić information content (AvgIpc) is 2.79. The van der Waals surface area contributed by atoms with E-state index in [-0.39, 0.29) is 36.0 Å². The Morgan fingerprint density at radius 2 is 1.30 bits per heavy atom. The van der Waals surface area contributed by atoms with Crippen LogP contribution in [0.3, 0.4) is 0 Å². The van der Waals surface area contributed by atoms with Gasteiger partial charge in [0.05, 0.1) is 17.7 Å². The van der Waals surface area contributed by atoms with E-state index in [1.165, 1.54) is 12.1 Å². The van der Waals surface area contributed by atoms with Crippen LogP contribution in [-0.2, 0) is 11.2 Å². The van der Waals surface area contributed by atoms with E-state index >= 15 is 0 Å². The topological polar surface area (TPSA) is 116 Å². The summed E-state index contributed by atoms with van der Waals surface area (Å²) < 4.78 is 0. The molecule has 0 spiro atoms. The summed E-state index contributed by atoms with van der Waals surface area (Å²) in [6.45, 7) is 0.647. The molecule has 0 radical (unpaired) electrons. The van der Waals surface area contributed by atoms with Crippen LogP contribution in [-0.4, -0.2) is 48.2 Å². The standard InChI is InChI=1S/C25H24N2O5.ClH/c1-26-15-23(28)27-13-12-16-10-11-19(17-6-2-4-8-20(17)24(29)30)22(14-16)18-7-3-5-9-21(18)25(31)32;/h2-11,14,26H,12-13,15H2,1H3,(H,27,28)(H,29,30)(H,31,32);1H. The highest BCUT2D eigenvalue weighted by molar-refractivity contribution is 6.02. The first-order chi connectivity index (χ1) is 15.4. The lowest BCUT2D eigenvalue weighted by Gasteiger charge is -2.16. The third-order valence-corrected chi connectivity index (χ3v) is 5.05. The lowest BCUT2D eigenvalue weighted by molar-refractivity contribution is -0.120. The van der Waals surface area contributed by atoms with Crippen molar-refractivity contribution < 1.29 is 24.6 Å². The van der Waals surface area contributed by atoms with Crippen LogP contribution in [0.5, 0.6) is 0 Å². The number of halogens is 1. The Balaban J connectivity index is 0.00000385. The summed E-state index contributed by atoms with van der Waals surface area (Å²) in [5.41, 5.74) is 3.40. The largest absolute Gasteiger partial charge is 0.478 e. The second kappa shape index (κ2) is 11.8. The van der Waals surface area contributed by atoms with Gasteiger partial charge in [0.1, 0.15) is 0 Å². The van der Waals surface area contributed by atoms with Gasteiger partial charge in [-0.05, 0) is 53.4 Å². The van der Waals surface area contributed by atoms with Crippen LogP contribution in [0, 0.1) is 0 Å². The number of carboxylic acid groups (broad SMARTS) is 2. The first-order valence-corrected chi connectivity index (χ1v) is 10.1. The van der Waals surface area contributed by atoms with Crippen LogP contribution in [0.25, 0.3) is 22.3 Å². The molecule has 33 heavy (non-hydrogen) atoms. The molecule has 0 aliphatic rings. The monoisotopic (exact) mass is 468 g/mol. The summed E-state index contributed by atoms with van der Waals surface area (Å²) in [6.07, 6.45) is 0.540. The highest BCUT2D eigenvalue weighted by Gasteiger charge is 2.19. The van der Waals surface area contributed by atoms with Crippen molar-refractivity contribution in [1.82, 2.24) is 10.6 Å². The average molecular weight is 469 g/mol. The lowest BCUT2D eigenvalue weighted by atomic mass is 9.88. The number of likely N-dealkylation sites (N-methyl/N-ethyl adjacent to an activating group) is 1. The number of hydrogen-bond acceptors (Lipinski definition) is 4. The van der Waals surface area contributed by atoms with Crippen molar-refractivity contribution in [2.75, 3.05) is 20.1 Å². The fraction of sp³-hybridized carbons (Fsp3) is 0.160. The molecule has 0 aliphatic carbocycles. The summed E-state index contributed by atoms with van der Waals surface area (Å²) in [4.78, 5) is 35.4. The maximum absolute atomic E-state index is 11.9. The first kappa shape index (κ1) is 25.6. The second-order valence-electron chi connectivity index (χ2n) is 7.21. The highest BCUT2D eigenvalue weighted by Crippen LogP contribution is 2.36. The summed E-state index contributed by atoms with van der Waals surface area (Å²) in [5, 5.41) is 25.0. The van der Waals surface area contributed by atoms with Gasteiger partial charge in [-0.15, -0.1) is 12.4 Å². The molecule has 3 aromatic rings. The molecule has 172 valence electrons. The molecule has 0 heterocycles. The van der Waals surface area contributed by atoms with Crippen molar-refractivity contribution in [2.24, 2.45) is 0 Å². The fourth-order valence-electron chi connectivity index (χ4n) is 3.58. The predicted octanol–water partition coefficient (Wildman–Crippen LogP) is 3.72. The molecular weight excluding hydrogens is 444 g/mol. The summed E-state index contributed by atoms with van der Waals surface area (Å²) in [7, 11) is 1.69. The van der Waals surface area contributed by atoms with E-state index in [0.717, 1.165) is 5.56 Å². The van der Waals surface area contributed by atoms with Crippen LogP contribution < -0.4 is 10.6 Å². The van der Waals surface area contributed by atoms with E-state index in [0.29, 0.717) is 35.2 Å². The van der Waals surface area contributed by atoms with Gasteiger partial charge in [-0.1, -0.05) is 54.6 Å². The molecule has 0 aliphatic heterocycles. The lowest BCUT2D eigenvalue weighted by Crippen LogP contribution is -2.33. The van der Waals surface area contributed by atoms with Gasteiger partial charge < -0.3 is 20.8 Å². The predicted molar refractivity (Wildman–Crippen MR) is 129 cm³/mol. The molecule has 8 heteroatoms. The quantitative estimate of drug-likeness (QED) is 0.380. The maximum atomic E-state index is 11.9. The first-order valence-electron chi connectivity index (χ1n) is 10.1. The summed E-state index contributed by atoms with van der Waals surface area (Å²) >= 11 is 0. The molecular formula is C25H25ClN2O5. The maximum Gasteiger partial charge on any atom is 0.336 e. The number of hydrogen-bond donors (Lipinski definition) is 4. The molecule has 0 atom stereocenters. The number of carboxylic acids is 2. The molecule has 7 nitrogen and oxygen atoms in total. The SMILES string of the molecule is CNCC(=O)NCCc1ccc(-c2ccccc2C(=O)O)c(-c2ccccc2C(=O)O)c1.Cl. The van der Waals surface area contributed by atoms with E-state index < -0.39 is 11.9 Å². The minimum atomic E-state index is -1.07. The summed E-state index contributed by atoms with van der Waals surface area (Å²) in [5.74, 6) is -2.24. The zero-order valence-electron chi connectivity index (χ0n) is 18.0. The van der Waals surface area contributed by atoms with Gasteiger partial charge in [0.15, 0.2) is 0 Å². The van der Waals surface area contributed by atoms with Crippen LogP contribution in [0.1, 0.15) is 26.3 Å². The molecule has 0 unspecified atom stereocenters. The molecule has 0 saturated heterocycles. The minimum absolute atomic E-state index is 0. The third kappa shape index (κ3) is 6.19. The van der Waals surface area contributed by atoms with Gasteiger partial charge in [-0.25, -0.2) is 9.59 Å². The minimum Gasteiger partial charge on any atom is -0.478 e.